The number of alkyl halides is 2. The van der Waals surface area contributed by atoms with Crippen molar-refractivity contribution in [2.75, 3.05) is 7.11 Å². The van der Waals surface area contributed by atoms with Crippen molar-refractivity contribution in [1.82, 2.24) is 19.9 Å². The van der Waals surface area contributed by atoms with Crippen molar-refractivity contribution in [3.8, 4) is 29.4 Å². The average Bonchev–Trinajstić information content (AvgIpc) is 3.17. The Morgan fingerprint density at radius 1 is 1.38 bits per heavy atom. The first-order valence-electron chi connectivity index (χ1n) is 8.93. The summed E-state index contributed by atoms with van der Waals surface area (Å²) in [6.07, 6.45) is 4.42. The molecule has 8 heteroatoms. The van der Waals surface area contributed by atoms with Gasteiger partial charge in [-0.3, -0.25) is 4.79 Å². The molecule has 1 atom stereocenters. The Bertz CT molecular complexity index is 1090. The Balaban J connectivity index is 2.13. The fourth-order valence-corrected chi connectivity index (χ4v) is 2.76. The highest BCUT2D eigenvalue weighted by Crippen LogP contribution is 2.28. The predicted octanol–water partition coefficient (Wildman–Crippen LogP) is 3.87. The number of rotatable bonds is 6. The normalized spacial score (nSPS) is 13.1. The van der Waals surface area contributed by atoms with E-state index in [1.54, 1.807) is 31.2 Å². The highest BCUT2D eigenvalue weighted by molar-refractivity contribution is 6.00. The molecule has 29 heavy (non-hydrogen) atoms. The van der Waals surface area contributed by atoms with Crippen molar-refractivity contribution in [3.63, 3.8) is 0 Å². The van der Waals surface area contributed by atoms with Crippen LogP contribution in [0.5, 0.6) is 5.75 Å². The number of ether oxygens (including phenoxy) is 1. The van der Waals surface area contributed by atoms with Gasteiger partial charge in [-0.25, -0.2) is 18.3 Å². The number of methoxy groups -OCH3 is 1. The molecule has 0 aliphatic carbocycles. The lowest BCUT2D eigenvalue weighted by atomic mass is 10.00. The highest BCUT2D eigenvalue weighted by Gasteiger charge is 2.26. The lowest BCUT2D eigenvalue weighted by Crippen LogP contribution is -2.44. The average molecular weight is 398 g/mol. The number of amides is 1. The van der Waals surface area contributed by atoms with Crippen LogP contribution in [0.4, 0.5) is 8.78 Å². The van der Waals surface area contributed by atoms with Crippen LogP contribution in [0.25, 0.3) is 16.9 Å². The van der Waals surface area contributed by atoms with Crippen LogP contribution in [0.2, 0.25) is 0 Å². The topological polar surface area (TPSA) is 68.5 Å². The molecule has 0 unspecified atom stereocenters. The van der Waals surface area contributed by atoms with Crippen molar-refractivity contribution >= 4 is 11.6 Å². The molecule has 0 spiro atoms. The number of nitrogens with one attached hydrogen (secondary N) is 1. The van der Waals surface area contributed by atoms with Gasteiger partial charge in [-0.2, -0.15) is 5.10 Å². The first-order valence-corrected chi connectivity index (χ1v) is 8.93. The minimum absolute atomic E-state index is 0.0293. The number of hydrogen-bond donors (Lipinski definition) is 1. The molecule has 150 valence electrons. The minimum atomic E-state index is -2.81. The van der Waals surface area contributed by atoms with Crippen molar-refractivity contribution in [1.29, 1.82) is 0 Å². The zero-order chi connectivity index (χ0) is 21.2. The van der Waals surface area contributed by atoms with Crippen LogP contribution in [0.3, 0.4) is 0 Å². The molecular formula is C21H20F2N4O2. The van der Waals surface area contributed by atoms with Crippen LogP contribution in [0.15, 0.2) is 36.5 Å². The van der Waals surface area contributed by atoms with Gasteiger partial charge in [0.05, 0.1) is 24.5 Å². The van der Waals surface area contributed by atoms with E-state index in [0.29, 0.717) is 23.4 Å². The van der Waals surface area contributed by atoms with E-state index in [1.807, 2.05) is 6.92 Å². The maximum Gasteiger partial charge on any atom is 0.280 e. The highest BCUT2D eigenvalue weighted by atomic mass is 19.3. The number of aromatic nitrogens is 3. The quantitative estimate of drug-likeness (QED) is 0.640. The predicted molar refractivity (Wildman–Crippen MR) is 105 cm³/mol. The summed E-state index contributed by atoms with van der Waals surface area (Å²) in [4.78, 5) is 17.2. The molecule has 3 rings (SSSR count). The van der Waals surface area contributed by atoms with E-state index in [9.17, 15) is 13.6 Å². The molecule has 1 aromatic carbocycles. The molecule has 6 nitrogen and oxygen atoms in total. The SMILES string of the molecule is C#C[C@](C)(CC)NC(=O)c1cnn2c(C(F)F)cc(-c3ccc(OC)cc3)nc12. The van der Waals surface area contributed by atoms with E-state index in [1.165, 1.54) is 19.4 Å². The maximum absolute atomic E-state index is 13.7. The van der Waals surface area contributed by atoms with E-state index in [0.717, 1.165) is 4.52 Å². The molecule has 3 aromatic rings. The van der Waals surface area contributed by atoms with Gasteiger partial charge in [0.2, 0.25) is 0 Å². The van der Waals surface area contributed by atoms with Crippen LogP contribution in [-0.4, -0.2) is 33.2 Å². The molecule has 2 heterocycles. The van der Waals surface area contributed by atoms with Gasteiger partial charge in [-0.1, -0.05) is 12.8 Å². The zero-order valence-electron chi connectivity index (χ0n) is 16.2. The molecule has 1 amide bonds. The third-order valence-corrected chi connectivity index (χ3v) is 4.77. The zero-order valence-corrected chi connectivity index (χ0v) is 16.2. The third-order valence-electron chi connectivity index (χ3n) is 4.77. The van der Waals surface area contributed by atoms with Gasteiger partial charge in [0.1, 0.15) is 17.0 Å². The molecule has 0 aliphatic heterocycles. The van der Waals surface area contributed by atoms with Crippen LogP contribution >= 0.6 is 0 Å². The summed E-state index contributed by atoms with van der Waals surface area (Å²) >= 11 is 0. The van der Waals surface area contributed by atoms with E-state index >= 15 is 0 Å². The van der Waals surface area contributed by atoms with Gasteiger partial charge in [0, 0.05) is 5.56 Å². The number of terminal acetylenes is 1. The van der Waals surface area contributed by atoms with Crippen molar-refractivity contribution in [2.45, 2.75) is 32.2 Å². The van der Waals surface area contributed by atoms with E-state index in [4.69, 9.17) is 11.2 Å². The Labute approximate surface area is 166 Å². The summed E-state index contributed by atoms with van der Waals surface area (Å²) in [6, 6.07) is 8.07. The van der Waals surface area contributed by atoms with E-state index in [-0.39, 0.29) is 16.9 Å². The molecule has 0 fully saturated rings. The third kappa shape index (κ3) is 3.90. The number of halogens is 2. The molecule has 0 bridgehead atoms. The summed E-state index contributed by atoms with van der Waals surface area (Å²) in [5.74, 6) is 2.64. The summed E-state index contributed by atoms with van der Waals surface area (Å²) in [5.41, 5.74) is -0.247. The molecule has 0 radical (unpaired) electrons. The Hall–Kier alpha value is -3.47. The Morgan fingerprint density at radius 3 is 2.62 bits per heavy atom. The Kier molecular flexibility index (Phi) is 5.50. The van der Waals surface area contributed by atoms with Gasteiger partial charge in [-0.15, -0.1) is 6.42 Å². The second-order valence-corrected chi connectivity index (χ2v) is 6.67. The first-order chi connectivity index (χ1) is 13.8. The van der Waals surface area contributed by atoms with Gasteiger partial charge >= 0.3 is 0 Å². The number of nitrogens with zero attached hydrogens (tertiary/aromatic N) is 3. The monoisotopic (exact) mass is 398 g/mol. The second-order valence-electron chi connectivity index (χ2n) is 6.67. The fourth-order valence-electron chi connectivity index (χ4n) is 2.76. The van der Waals surface area contributed by atoms with E-state index in [2.05, 4.69) is 21.3 Å². The van der Waals surface area contributed by atoms with E-state index < -0.39 is 17.9 Å². The standard InChI is InChI=1S/C21H20F2N4O2/c1-5-21(3,6-2)26-20(28)15-12-24-27-17(18(22)23)11-16(25-19(15)27)13-7-9-14(29-4)10-8-13/h1,7-12,18H,6H2,2-4H3,(H,26,28)/t21-/m1/s1. The molecule has 1 N–H and O–H groups in total. The van der Waals surface area contributed by atoms with Gasteiger partial charge in [-0.05, 0) is 43.7 Å². The van der Waals surface area contributed by atoms with Crippen LogP contribution in [-0.2, 0) is 0 Å². The van der Waals surface area contributed by atoms with Crippen molar-refractivity contribution in [2.24, 2.45) is 0 Å². The van der Waals surface area contributed by atoms with Gasteiger partial charge < -0.3 is 10.1 Å². The molecular weight excluding hydrogens is 378 g/mol. The molecule has 2 aromatic heterocycles. The minimum Gasteiger partial charge on any atom is -0.497 e. The summed E-state index contributed by atoms with van der Waals surface area (Å²) < 4.78 is 33.4. The van der Waals surface area contributed by atoms with Crippen LogP contribution in [0.1, 0.15) is 42.7 Å². The largest absolute Gasteiger partial charge is 0.497 e. The maximum atomic E-state index is 13.7. The fraction of sp³-hybridized carbons (Fsp3) is 0.286. The van der Waals surface area contributed by atoms with Crippen molar-refractivity contribution in [3.05, 3.63) is 47.8 Å². The van der Waals surface area contributed by atoms with Gasteiger partial charge in [0.15, 0.2) is 5.65 Å². The molecule has 0 saturated carbocycles. The van der Waals surface area contributed by atoms with Gasteiger partial charge in [0.25, 0.3) is 12.3 Å². The molecule has 0 aliphatic rings. The summed E-state index contributed by atoms with van der Waals surface area (Å²) in [5, 5.41) is 6.68. The number of carbonyl (C=O) groups is 1. The smallest absolute Gasteiger partial charge is 0.280 e. The number of fused-ring (bicyclic) bond motifs is 1. The summed E-state index contributed by atoms with van der Waals surface area (Å²) in [6.45, 7) is 3.54. The lowest BCUT2D eigenvalue weighted by Gasteiger charge is -2.22. The lowest BCUT2D eigenvalue weighted by molar-refractivity contribution is 0.0925. The first kappa shape index (κ1) is 20.3. The number of benzene rings is 1. The molecule has 0 saturated heterocycles. The number of hydrogen-bond acceptors (Lipinski definition) is 4. The van der Waals surface area contributed by atoms with Crippen LogP contribution < -0.4 is 10.1 Å². The number of carbonyl (C=O) groups excluding carboxylic acids is 1. The second kappa shape index (κ2) is 7.87. The Morgan fingerprint density at radius 2 is 2.07 bits per heavy atom. The summed E-state index contributed by atoms with van der Waals surface area (Å²) in [7, 11) is 1.53. The van der Waals surface area contributed by atoms with Crippen molar-refractivity contribution < 1.29 is 18.3 Å². The van der Waals surface area contributed by atoms with Crippen LogP contribution in [0, 0.1) is 12.3 Å².